The highest BCUT2D eigenvalue weighted by molar-refractivity contribution is 6.83. The Hall–Kier alpha value is -1.11. The number of pyridine rings is 1. The van der Waals surface area contributed by atoms with Crippen molar-refractivity contribution in [2.24, 2.45) is 5.92 Å². The Morgan fingerprint density at radius 3 is 2.67 bits per heavy atom. The molecule has 0 aromatic carbocycles. The van der Waals surface area contributed by atoms with E-state index in [9.17, 15) is 0 Å². The SMILES string of the molecule is C[Si](C)(C)C#Cc1ccc(CNCC2CC2)nc1. The van der Waals surface area contributed by atoms with E-state index in [2.05, 4.69) is 53.5 Å². The molecule has 1 aliphatic rings. The van der Waals surface area contributed by atoms with Gasteiger partial charge in [-0.3, -0.25) is 4.98 Å². The Morgan fingerprint density at radius 2 is 2.11 bits per heavy atom. The van der Waals surface area contributed by atoms with E-state index in [1.807, 2.05) is 6.20 Å². The molecule has 96 valence electrons. The van der Waals surface area contributed by atoms with Crippen LogP contribution in [0.5, 0.6) is 0 Å². The second kappa shape index (κ2) is 5.68. The van der Waals surface area contributed by atoms with Crippen LogP contribution in [0.15, 0.2) is 18.3 Å². The largest absolute Gasteiger partial charge is 0.311 e. The Morgan fingerprint density at radius 1 is 1.33 bits per heavy atom. The minimum Gasteiger partial charge on any atom is -0.311 e. The predicted octanol–water partition coefficient (Wildman–Crippen LogP) is 2.81. The minimum atomic E-state index is -1.28. The maximum Gasteiger partial charge on any atom is 0.129 e. The van der Waals surface area contributed by atoms with E-state index in [-0.39, 0.29) is 0 Å². The third kappa shape index (κ3) is 5.03. The average Bonchev–Trinajstić information content (AvgIpc) is 3.11. The van der Waals surface area contributed by atoms with Crippen LogP contribution in [0.4, 0.5) is 0 Å². The summed E-state index contributed by atoms with van der Waals surface area (Å²) in [7, 11) is -1.28. The molecule has 0 aliphatic heterocycles. The molecule has 18 heavy (non-hydrogen) atoms. The third-order valence-electron chi connectivity index (χ3n) is 2.84. The summed E-state index contributed by atoms with van der Waals surface area (Å²) in [5.41, 5.74) is 5.49. The Kier molecular flexibility index (Phi) is 4.21. The van der Waals surface area contributed by atoms with Crippen molar-refractivity contribution in [2.45, 2.75) is 39.0 Å². The summed E-state index contributed by atoms with van der Waals surface area (Å²) < 4.78 is 0. The molecule has 0 radical (unpaired) electrons. The first kappa shape index (κ1) is 13.3. The van der Waals surface area contributed by atoms with Crippen molar-refractivity contribution in [3.8, 4) is 11.5 Å². The Balaban J connectivity index is 1.85. The first-order valence-corrected chi connectivity index (χ1v) is 10.2. The standard InChI is InChI=1S/C15H22N2Si/c1-18(2,3)9-8-14-6-7-15(17-11-14)12-16-10-13-4-5-13/h6-7,11,13,16H,4-5,10,12H2,1-3H3. The van der Waals surface area contributed by atoms with Crippen molar-refractivity contribution in [2.75, 3.05) is 6.54 Å². The van der Waals surface area contributed by atoms with E-state index < -0.39 is 8.07 Å². The minimum absolute atomic E-state index is 0.873. The smallest absolute Gasteiger partial charge is 0.129 e. The topological polar surface area (TPSA) is 24.9 Å². The molecule has 1 N–H and O–H groups in total. The van der Waals surface area contributed by atoms with Crippen LogP contribution in [0.25, 0.3) is 0 Å². The van der Waals surface area contributed by atoms with Gasteiger partial charge in [0.25, 0.3) is 0 Å². The number of nitrogens with one attached hydrogen (secondary N) is 1. The number of aromatic nitrogens is 1. The monoisotopic (exact) mass is 258 g/mol. The fraction of sp³-hybridized carbons (Fsp3) is 0.533. The zero-order chi connectivity index (χ0) is 13.0. The molecule has 1 aliphatic carbocycles. The van der Waals surface area contributed by atoms with Gasteiger partial charge in [-0.15, -0.1) is 5.54 Å². The number of hydrogen-bond acceptors (Lipinski definition) is 2. The van der Waals surface area contributed by atoms with Gasteiger partial charge in [-0.1, -0.05) is 25.6 Å². The summed E-state index contributed by atoms with van der Waals surface area (Å²) in [5, 5.41) is 3.45. The van der Waals surface area contributed by atoms with E-state index in [1.165, 1.54) is 12.8 Å². The summed E-state index contributed by atoms with van der Waals surface area (Å²) in [4.78, 5) is 4.45. The van der Waals surface area contributed by atoms with Crippen molar-refractivity contribution >= 4 is 8.07 Å². The van der Waals surface area contributed by atoms with Crippen molar-refractivity contribution < 1.29 is 0 Å². The summed E-state index contributed by atoms with van der Waals surface area (Å²) in [5.74, 6) is 4.15. The van der Waals surface area contributed by atoms with Crippen molar-refractivity contribution in [1.29, 1.82) is 0 Å². The number of rotatable bonds is 4. The van der Waals surface area contributed by atoms with Gasteiger partial charge in [0.2, 0.25) is 0 Å². The molecule has 1 aromatic rings. The van der Waals surface area contributed by atoms with Crippen LogP contribution in [-0.2, 0) is 6.54 Å². The van der Waals surface area contributed by atoms with Crippen molar-refractivity contribution in [3.05, 3.63) is 29.6 Å². The first-order valence-electron chi connectivity index (χ1n) is 6.72. The van der Waals surface area contributed by atoms with E-state index in [0.29, 0.717) is 0 Å². The molecule has 3 heteroatoms. The molecule has 0 unspecified atom stereocenters. The maximum absolute atomic E-state index is 4.45. The van der Waals surface area contributed by atoms with Gasteiger partial charge in [0, 0.05) is 18.3 Å². The lowest BCUT2D eigenvalue weighted by Crippen LogP contribution is -2.17. The van der Waals surface area contributed by atoms with E-state index in [0.717, 1.165) is 30.3 Å². The number of nitrogens with zero attached hydrogens (tertiary/aromatic N) is 1. The van der Waals surface area contributed by atoms with Gasteiger partial charge in [0.05, 0.1) is 5.69 Å². The Labute approximate surface area is 111 Å². The quantitative estimate of drug-likeness (QED) is 0.663. The zero-order valence-corrected chi connectivity index (χ0v) is 12.6. The van der Waals surface area contributed by atoms with Gasteiger partial charge in [-0.2, -0.15) is 0 Å². The molecule has 0 atom stereocenters. The lowest BCUT2D eigenvalue weighted by atomic mass is 10.2. The van der Waals surface area contributed by atoms with Gasteiger partial charge >= 0.3 is 0 Å². The van der Waals surface area contributed by atoms with Crippen LogP contribution >= 0.6 is 0 Å². The normalized spacial score (nSPS) is 15.1. The van der Waals surface area contributed by atoms with E-state index in [1.54, 1.807) is 0 Å². The highest BCUT2D eigenvalue weighted by Gasteiger charge is 2.20. The van der Waals surface area contributed by atoms with Crippen LogP contribution in [0, 0.1) is 17.4 Å². The van der Waals surface area contributed by atoms with Crippen LogP contribution in [-0.4, -0.2) is 19.6 Å². The molecule has 0 saturated heterocycles. The van der Waals surface area contributed by atoms with Crippen LogP contribution in [0.1, 0.15) is 24.1 Å². The molecule has 1 fully saturated rings. The predicted molar refractivity (Wildman–Crippen MR) is 78.9 cm³/mol. The van der Waals surface area contributed by atoms with Crippen LogP contribution in [0.3, 0.4) is 0 Å². The Bertz CT molecular complexity index is 444. The molecule has 2 nitrogen and oxygen atoms in total. The third-order valence-corrected chi connectivity index (χ3v) is 3.72. The van der Waals surface area contributed by atoms with Gasteiger partial charge < -0.3 is 5.32 Å². The van der Waals surface area contributed by atoms with Gasteiger partial charge in [0.15, 0.2) is 0 Å². The summed E-state index contributed by atoms with van der Waals surface area (Å²) in [6.45, 7) is 8.77. The molecular formula is C15H22N2Si. The molecule has 0 amide bonds. The highest BCUT2D eigenvalue weighted by atomic mass is 28.3. The number of hydrogen-bond donors (Lipinski definition) is 1. The lowest BCUT2D eigenvalue weighted by molar-refractivity contribution is 0.630. The molecule has 1 aromatic heterocycles. The molecular weight excluding hydrogens is 236 g/mol. The molecule has 0 bridgehead atoms. The first-order chi connectivity index (χ1) is 8.53. The maximum atomic E-state index is 4.45. The van der Waals surface area contributed by atoms with Crippen molar-refractivity contribution in [3.63, 3.8) is 0 Å². The molecule has 2 rings (SSSR count). The average molecular weight is 258 g/mol. The fourth-order valence-corrected chi connectivity index (χ4v) is 2.11. The van der Waals surface area contributed by atoms with Crippen molar-refractivity contribution in [1.82, 2.24) is 10.3 Å². The lowest BCUT2D eigenvalue weighted by Gasteiger charge is -2.04. The van der Waals surface area contributed by atoms with Crippen LogP contribution < -0.4 is 5.32 Å². The summed E-state index contributed by atoms with van der Waals surface area (Å²) in [6, 6.07) is 4.16. The zero-order valence-electron chi connectivity index (χ0n) is 11.6. The van der Waals surface area contributed by atoms with Gasteiger partial charge in [-0.05, 0) is 37.4 Å². The van der Waals surface area contributed by atoms with E-state index >= 15 is 0 Å². The molecule has 0 spiro atoms. The van der Waals surface area contributed by atoms with Gasteiger partial charge in [-0.25, -0.2) is 0 Å². The summed E-state index contributed by atoms with van der Waals surface area (Å²) >= 11 is 0. The highest BCUT2D eigenvalue weighted by Crippen LogP contribution is 2.27. The van der Waals surface area contributed by atoms with E-state index in [4.69, 9.17) is 0 Å². The van der Waals surface area contributed by atoms with Crippen LogP contribution in [0.2, 0.25) is 19.6 Å². The second-order valence-electron chi connectivity index (χ2n) is 6.11. The summed E-state index contributed by atoms with van der Waals surface area (Å²) in [6.07, 6.45) is 4.68. The fourth-order valence-electron chi connectivity index (χ4n) is 1.59. The second-order valence-corrected chi connectivity index (χ2v) is 10.9. The van der Waals surface area contributed by atoms with Gasteiger partial charge in [0.1, 0.15) is 8.07 Å². The molecule has 1 heterocycles. The molecule has 1 saturated carbocycles.